The third-order valence-electron chi connectivity index (χ3n) is 5.34. The highest BCUT2D eigenvalue weighted by Gasteiger charge is 2.30. The first-order chi connectivity index (χ1) is 14.3. The van der Waals surface area contributed by atoms with Gasteiger partial charge in [-0.25, -0.2) is 4.79 Å². The summed E-state index contributed by atoms with van der Waals surface area (Å²) in [7, 11) is 3.87. The zero-order valence-corrected chi connectivity index (χ0v) is 17.4. The largest absolute Gasteiger partial charge is 0.465 e. The van der Waals surface area contributed by atoms with Gasteiger partial charge < -0.3 is 30.9 Å². The average molecular weight is 412 g/mol. The second-order valence-corrected chi connectivity index (χ2v) is 7.76. The summed E-state index contributed by atoms with van der Waals surface area (Å²) in [5.74, 6) is -0.223. The van der Waals surface area contributed by atoms with Crippen LogP contribution in [-0.4, -0.2) is 73.2 Å². The monoisotopic (exact) mass is 411 g/mol. The van der Waals surface area contributed by atoms with E-state index in [2.05, 4.69) is 10.2 Å². The second-order valence-electron chi connectivity index (χ2n) is 7.76. The van der Waals surface area contributed by atoms with Gasteiger partial charge in [0, 0.05) is 37.4 Å². The quantitative estimate of drug-likeness (QED) is 0.606. The van der Waals surface area contributed by atoms with E-state index < -0.39 is 6.09 Å². The molecule has 0 unspecified atom stereocenters. The minimum atomic E-state index is -0.879. The Morgan fingerprint density at radius 2 is 1.83 bits per heavy atom. The summed E-state index contributed by atoms with van der Waals surface area (Å²) in [6, 6.07) is 14.4. The lowest BCUT2D eigenvalue weighted by molar-refractivity contribution is 0.102. The van der Waals surface area contributed by atoms with E-state index in [1.807, 2.05) is 43.3 Å². The third kappa shape index (κ3) is 5.21. The van der Waals surface area contributed by atoms with Crippen molar-refractivity contribution in [2.24, 2.45) is 0 Å². The first-order valence-electron chi connectivity index (χ1n) is 10.0. The Kier molecular flexibility index (Phi) is 6.79. The summed E-state index contributed by atoms with van der Waals surface area (Å²) >= 11 is 0. The minimum absolute atomic E-state index is 0.0357. The number of benzene rings is 2. The van der Waals surface area contributed by atoms with Gasteiger partial charge in [-0.2, -0.15) is 0 Å². The summed E-state index contributed by atoms with van der Waals surface area (Å²) < 4.78 is 0. The van der Waals surface area contributed by atoms with Crippen LogP contribution >= 0.6 is 0 Å². The van der Waals surface area contributed by atoms with Crippen LogP contribution < -0.4 is 16.0 Å². The van der Waals surface area contributed by atoms with Crippen LogP contribution in [0.5, 0.6) is 0 Å². The highest BCUT2D eigenvalue weighted by atomic mass is 16.4. The number of hydrogen-bond acceptors (Lipinski definition) is 5. The average Bonchev–Trinajstić information content (AvgIpc) is 3.19. The highest BCUT2D eigenvalue weighted by molar-refractivity contribution is 6.05. The van der Waals surface area contributed by atoms with Crippen LogP contribution in [0.1, 0.15) is 16.8 Å². The van der Waals surface area contributed by atoms with Crippen LogP contribution in [-0.2, 0) is 0 Å². The molecule has 0 aromatic heterocycles. The van der Waals surface area contributed by atoms with Gasteiger partial charge in [0.1, 0.15) is 0 Å². The van der Waals surface area contributed by atoms with Gasteiger partial charge in [0.15, 0.2) is 0 Å². The summed E-state index contributed by atoms with van der Waals surface area (Å²) in [4.78, 5) is 29.8. The maximum atomic E-state index is 12.5. The summed E-state index contributed by atoms with van der Waals surface area (Å²) in [5, 5.41) is 12.4. The standard InChI is InChI=1S/C22H29N5O3/c1-25(2)13-14-27(22(29)30)18-11-12-26(15-18)17-9-7-16(8-10-17)21(28)24-20-6-4-3-5-19(20)23/h3-10,18H,11-15,23H2,1-2H3,(H,24,28)(H,29,30)/t18-/m0/s1. The van der Waals surface area contributed by atoms with E-state index >= 15 is 0 Å². The fourth-order valence-corrected chi connectivity index (χ4v) is 3.60. The lowest BCUT2D eigenvalue weighted by Gasteiger charge is -2.28. The van der Waals surface area contributed by atoms with Crippen LogP contribution in [0.25, 0.3) is 0 Å². The number of nitrogens with one attached hydrogen (secondary N) is 1. The first-order valence-corrected chi connectivity index (χ1v) is 10.0. The van der Waals surface area contributed by atoms with Crippen molar-refractivity contribution in [3.05, 3.63) is 54.1 Å². The molecule has 0 radical (unpaired) electrons. The number of anilines is 3. The molecule has 0 spiro atoms. The van der Waals surface area contributed by atoms with Gasteiger partial charge in [0.2, 0.25) is 0 Å². The molecule has 3 rings (SSSR count). The zero-order valence-electron chi connectivity index (χ0n) is 17.4. The maximum absolute atomic E-state index is 12.5. The summed E-state index contributed by atoms with van der Waals surface area (Å²) in [5.41, 5.74) is 8.50. The molecule has 0 aliphatic carbocycles. The number of carboxylic acid groups (broad SMARTS) is 1. The number of amides is 2. The number of likely N-dealkylation sites (N-methyl/N-ethyl adjacent to an activating group) is 1. The molecular formula is C22H29N5O3. The number of carbonyl (C=O) groups excluding carboxylic acids is 1. The molecule has 0 saturated carbocycles. The second kappa shape index (κ2) is 9.49. The molecular weight excluding hydrogens is 382 g/mol. The number of nitrogen functional groups attached to an aromatic ring is 1. The van der Waals surface area contributed by atoms with Crippen molar-refractivity contribution < 1.29 is 14.7 Å². The number of nitrogens with two attached hydrogens (primary N) is 1. The Hall–Kier alpha value is -3.26. The van der Waals surface area contributed by atoms with Crippen molar-refractivity contribution >= 4 is 29.1 Å². The van der Waals surface area contributed by atoms with Crippen LogP contribution in [0.15, 0.2) is 48.5 Å². The molecule has 1 fully saturated rings. The Morgan fingerprint density at radius 3 is 2.47 bits per heavy atom. The summed E-state index contributed by atoms with van der Waals surface area (Å²) in [6.07, 6.45) is -0.0918. The molecule has 160 valence electrons. The normalized spacial score (nSPS) is 16.0. The highest BCUT2D eigenvalue weighted by Crippen LogP contribution is 2.24. The van der Waals surface area contributed by atoms with E-state index in [9.17, 15) is 14.7 Å². The van der Waals surface area contributed by atoms with Gasteiger partial charge in [-0.05, 0) is 56.9 Å². The van der Waals surface area contributed by atoms with Gasteiger partial charge in [0.05, 0.1) is 17.4 Å². The molecule has 2 aromatic carbocycles. The van der Waals surface area contributed by atoms with Crippen molar-refractivity contribution in [2.75, 3.05) is 56.2 Å². The molecule has 30 heavy (non-hydrogen) atoms. The number of rotatable bonds is 7. The van der Waals surface area contributed by atoms with Crippen LogP contribution in [0.3, 0.4) is 0 Å². The van der Waals surface area contributed by atoms with Crippen molar-refractivity contribution in [1.82, 2.24) is 9.80 Å². The van der Waals surface area contributed by atoms with Crippen molar-refractivity contribution in [1.29, 1.82) is 0 Å². The third-order valence-corrected chi connectivity index (χ3v) is 5.34. The van der Waals surface area contributed by atoms with Gasteiger partial charge in [0.25, 0.3) is 5.91 Å². The van der Waals surface area contributed by atoms with E-state index in [4.69, 9.17) is 5.73 Å². The van der Waals surface area contributed by atoms with Crippen LogP contribution in [0.4, 0.5) is 21.9 Å². The minimum Gasteiger partial charge on any atom is -0.465 e. The molecule has 1 atom stereocenters. The van der Waals surface area contributed by atoms with Crippen molar-refractivity contribution in [3.8, 4) is 0 Å². The molecule has 2 aromatic rings. The number of para-hydroxylation sites is 2. The molecule has 1 aliphatic heterocycles. The van der Waals surface area contributed by atoms with Gasteiger partial charge in [-0.3, -0.25) is 4.79 Å². The number of nitrogens with zero attached hydrogens (tertiary/aromatic N) is 3. The SMILES string of the molecule is CN(C)CCN(C(=O)O)[C@H]1CCN(c2ccc(C(=O)Nc3ccccc3N)cc2)C1. The molecule has 0 bridgehead atoms. The fraction of sp³-hybridized carbons (Fsp3) is 0.364. The van der Waals surface area contributed by atoms with Crippen LogP contribution in [0.2, 0.25) is 0 Å². The van der Waals surface area contributed by atoms with E-state index in [0.29, 0.717) is 36.6 Å². The van der Waals surface area contributed by atoms with Crippen molar-refractivity contribution in [3.63, 3.8) is 0 Å². The Labute approximate surface area is 176 Å². The van der Waals surface area contributed by atoms with Crippen molar-refractivity contribution in [2.45, 2.75) is 12.5 Å². The fourth-order valence-electron chi connectivity index (χ4n) is 3.60. The predicted octanol–water partition coefficient (Wildman–Crippen LogP) is 2.64. The van der Waals surface area contributed by atoms with Gasteiger partial charge in [-0.1, -0.05) is 12.1 Å². The Bertz CT molecular complexity index is 885. The molecule has 8 nitrogen and oxygen atoms in total. The molecule has 8 heteroatoms. The zero-order chi connectivity index (χ0) is 21.7. The van der Waals surface area contributed by atoms with E-state index in [0.717, 1.165) is 18.7 Å². The van der Waals surface area contributed by atoms with E-state index in [1.165, 1.54) is 4.90 Å². The topological polar surface area (TPSA) is 102 Å². The number of carbonyl (C=O) groups is 2. The van der Waals surface area contributed by atoms with Gasteiger partial charge >= 0.3 is 6.09 Å². The predicted molar refractivity (Wildman–Crippen MR) is 119 cm³/mol. The lowest BCUT2D eigenvalue weighted by Crippen LogP contribution is -2.44. The molecule has 1 aliphatic rings. The molecule has 1 heterocycles. The van der Waals surface area contributed by atoms with Gasteiger partial charge in [-0.15, -0.1) is 0 Å². The summed E-state index contributed by atoms with van der Waals surface area (Å²) in [6.45, 7) is 2.61. The van der Waals surface area contributed by atoms with E-state index in [-0.39, 0.29) is 11.9 Å². The molecule has 4 N–H and O–H groups in total. The van der Waals surface area contributed by atoms with E-state index in [1.54, 1.807) is 24.3 Å². The molecule has 2 amide bonds. The molecule has 1 saturated heterocycles. The Morgan fingerprint density at radius 1 is 1.13 bits per heavy atom. The first kappa shape index (κ1) is 21.4. The lowest BCUT2D eigenvalue weighted by atomic mass is 10.1. The maximum Gasteiger partial charge on any atom is 0.407 e. The smallest absolute Gasteiger partial charge is 0.407 e. The Balaban J connectivity index is 1.62. The van der Waals surface area contributed by atoms with Crippen LogP contribution in [0, 0.1) is 0 Å². The number of hydrogen-bond donors (Lipinski definition) is 3.